The summed E-state index contributed by atoms with van der Waals surface area (Å²) >= 11 is 0. The van der Waals surface area contributed by atoms with Crippen LogP contribution in [0.1, 0.15) is 41.1 Å². The highest BCUT2D eigenvalue weighted by atomic mass is 16.5. The lowest BCUT2D eigenvalue weighted by Gasteiger charge is -2.28. The number of esters is 1. The molecular weight excluding hydrogens is 484 g/mol. The van der Waals surface area contributed by atoms with Crippen molar-refractivity contribution in [3.63, 3.8) is 0 Å². The molecule has 1 aliphatic carbocycles. The van der Waals surface area contributed by atoms with Crippen molar-refractivity contribution in [2.24, 2.45) is 11.8 Å². The van der Waals surface area contributed by atoms with E-state index in [2.05, 4.69) is 17.4 Å². The fourth-order valence-corrected chi connectivity index (χ4v) is 5.29. The Morgan fingerprint density at radius 1 is 0.868 bits per heavy atom. The van der Waals surface area contributed by atoms with Gasteiger partial charge in [-0.2, -0.15) is 0 Å². The molecule has 1 aliphatic heterocycles. The fourth-order valence-electron chi connectivity index (χ4n) is 5.29. The second-order valence-electron chi connectivity index (χ2n) is 9.55. The Hall–Kier alpha value is -4.46. The zero-order valence-electron chi connectivity index (χ0n) is 21.0. The van der Waals surface area contributed by atoms with Gasteiger partial charge in [0.1, 0.15) is 5.75 Å². The van der Waals surface area contributed by atoms with E-state index in [1.165, 1.54) is 22.6 Å². The Kier molecular flexibility index (Phi) is 7.22. The Balaban J connectivity index is 1.18. The molecule has 2 aliphatic rings. The highest BCUT2D eigenvalue weighted by molar-refractivity contribution is 6.22. The number of hydrogen-bond acceptors (Lipinski definition) is 6. The Morgan fingerprint density at radius 3 is 2.24 bits per heavy atom. The monoisotopic (exact) mass is 512 g/mol. The van der Waals surface area contributed by atoms with Crippen molar-refractivity contribution < 1.29 is 28.7 Å². The summed E-state index contributed by atoms with van der Waals surface area (Å²) in [5.41, 5.74) is 2.39. The van der Waals surface area contributed by atoms with Gasteiger partial charge >= 0.3 is 5.97 Å². The third-order valence-electron chi connectivity index (χ3n) is 7.27. The number of methoxy groups -OCH3 is 1. The summed E-state index contributed by atoms with van der Waals surface area (Å²) in [6.07, 6.45) is 2.20. The third-order valence-corrected chi connectivity index (χ3v) is 7.27. The molecule has 194 valence electrons. The minimum Gasteiger partial charge on any atom is -0.497 e. The fraction of sp³-hybridized carbons (Fsp3) is 0.267. The molecule has 1 heterocycles. The van der Waals surface area contributed by atoms with Crippen LogP contribution in [0, 0.1) is 11.8 Å². The molecule has 3 atom stereocenters. The van der Waals surface area contributed by atoms with Crippen molar-refractivity contribution >= 4 is 35.1 Å². The molecule has 1 N–H and O–H groups in total. The van der Waals surface area contributed by atoms with E-state index >= 15 is 0 Å². The molecule has 1 saturated carbocycles. The summed E-state index contributed by atoms with van der Waals surface area (Å²) in [5, 5.41) is 2.64. The number of imide groups is 1. The topological polar surface area (TPSA) is 102 Å². The zero-order chi connectivity index (χ0) is 26.6. The molecule has 8 heteroatoms. The van der Waals surface area contributed by atoms with E-state index < -0.39 is 18.5 Å². The summed E-state index contributed by atoms with van der Waals surface area (Å²) in [7, 11) is 1.55. The van der Waals surface area contributed by atoms with Crippen LogP contribution in [0.25, 0.3) is 0 Å². The van der Waals surface area contributed by atoms with Crippen LogP contribution in [0.15, 0.2) is 78.9 Å². The molecule has 0 unspecified atom stereocenters. The first kappa shape index (κ1) is 25.2. The first-order chi connectivity index (χ1) is 18.4. The summed E-state index contributed by atoms with van der Waals surface area (Å²) < 4.78 is 10.2. The average molecular weight is 513 g/mol. The van der Waals surface area contributed by atoms with Crippen LogP contribution < -0.4 is 15.0 Å². The Morgan fingerprint density at radius 2 is 1.55 bits per heavy atom. The number of carbonyl (C=O) groups excluding carboxylic acids is 4. The van der Waals surface area contributed by atoms with Crippen LogP contribution in [0.5, 0.6) is 5.75 Å². The van der Waals surface area contributed by atoms with Crippen LogP contribution in [0.4, 0.5) is 11.4 Å². The van der Waals surface area contributed by atoms with E-state index in [1.54, 1.807) is 43.5 Å². The molecule has 2 fully saturated rings. The van der Waals surface area contributed by atoms with Crippen molar-refractivity contribution in [1.29, 1.82) is 0 Å². The van der Waals surface area contributed by atoms with Gasteiger partial charge in [-0.25, -0.2) is 4.79 Å². The molecule has 3 amide bonds. The van der Waals surface area contributed by atoms with Gasteiger partial charge in [-0.1, -0.05) is 30.3 Å². The van der Waals surface area contributed by atoms with E-state index in [9.17, 15) is 19.2 Å². The number of anilines is 2. The minimum atomic E-state index is -0.681. The van der Waals surface area contributed by atoms with Gasteiger partial charge in [0.2, 0.25) is 11.8 Å². The predicted molar refractivity (Wildman–Crippen MR) is 141 cm³/mol. The zero-order valence-corrected chi connectivity index (χ0v) is 21.0. The number of nitrogens with zero attached hydrogens (tertiary/aromatic N) is 1. The van der Waals surface area contributed by atoms with Crippen LogP contribution in [-0.4, -0.2) is 37.4 Å². The highest BCUT2D eigenvalue weighted by Gasteiger charge is 2.50. The van der Waals surface area contributed by atoms with Gasteiger partial charge in [0.25, 0.3) is 5.91 Å². The van der Waals surface area contributed by atoms with Gasteiger partial charge in [-0.05, 0) is 79.3 Å². The summed E-state index contributed by atoms with van der Waals surface area (Å²) in [5.74, 6) is -1.27. The number of amides is 3. The van der Waals surface area contributed by atoms with Crippen molar-refractivity contribution in [2.45, 2.75) is 25.2 Å². The summed E-state index contributed by atoms with van der Waals surface area (Å²) in [6.45, 7) is -0.457. The SMILES string of the molecule is COc1ccc(NC(=O)COC(=O)c2ccc(N3C(=O)[C@H]4C[C@@H](c5ccccc5)CC[C@H]4C3=O)cc2)cc1. The summed E-state index contributed by atoms with van der Waals surface area (Å²) in [4.78, 5) is 52.3. The largest absolute Gasteiger partial charge is 0.497 e. The van der Waals surface area contributed by atoms with Crippen molar-refractivity contribution in [3.05, 3.63) is 90.0 Å². The van der Waals surface area contributed by atoms with Gasteiger partial charge < -0.3 is 14.8 Å². The Labute approximate surface area is 220 Å². The molecule has 0 bridgehead atoms. The van der Waals surface area contributed by atoms with E-state index in [4.69, 9.17) is 9.47 Å². The number of nitrogens with one attached hydrogen (secondary N) is 1. The van der Waals surface area contributed by atoms with Crippen LogP contribution in [0.3, 0.4) is 0 Å². The molecule has 5 rings (SSSR count). The van der Waals surface area contributed by atoms with Crippen LogP contribution in [0.2, 0.25) is 0 Å². The van der Waals surface area contributed by atoms with Gasteiger partial charge in [0, 0.05) is 5.69 Å². The third kappa shape index (κ3) is 5.16. The van der Waals surface area contributed by atoms with E-state index in [1.807, 2.05) is 18.2 Å². The number of benzene rings is 3. The number of carbonyl (C=O) groups is 4. The highest BCUT2D eigenvalue weighted by Crippen LogP contribution is 2.45. The van der Waals surface area contributed by atoms with E-state index in [0.717, 1.165) is 6.42 Å². The number of rotatable bonds is 7. The number of hydrogen-bond donors (Lipinski definition) is 1. The number of fused-ring (bicyclic) bond motifs is 1. The van der Waals surface area contributed by atoms with Gasteiger partial charge in [0.05, 0.1) is 30.2 Å². The quantitative estimate of drug-likeness (QED) is 0.368. The van der Waals surface area contributed by atoms with Crippen molar-refractivity contribution in [3.8, 4) is 5.75 Å². The van der Waals surface area contributed by atoms with Gasteiger partial charge in [-0.15, -0.1) is 0 Å². The lowest BCUT2D eigenvalue weighted by Crippen LogP contribution is -2.30. The molecule has 3 aromatic carbocycles. The smallest absolute Gasteiger partial charge is 0.338 e. The Bertz CT molecular complexity index is 1340. The molecule has 0 spiro atoms. The van der Waals surface area contributed by atoms with E-state index in [-0.39, 0.29) is 35.1 Å². The lowest BCUT2D eigenvalue weighted by atomic mass is 9.73. The van der Waals surface area contributed by atoms with Gasteiger partial charge in [0.15, 0.2) is 6.61 Å². The first-order valence-electron chi connectivity index (χ1n) is 12.6. The van der Waals surface area contributed by atoms with Crippen molar-refractivity contribution in [1.82, 2.24) is 0 Å². The second kappa shape index (κ2) is 10.9. The molecular formula is C30H28N2O6. The van der Waals surface area contributed by atoms with Crippen LogP contribution >= 0.6 is 0 Å². The molecule has 8 nitrogen and oxygen atoms in total. The molecule has 0 radical (unpaired) electrons. The maximum Gasteiger partial charge on any atom is 0.338 e. The average Bonchev–Trinajstić information content (AvgIpc) is 3.21. The molecule has 0 aromatic heterocycles. The normalized spacial score (nSPS) is 20.6. The maximum absolute atomic E-state index is 13.3. The van der Waals surface area contributed by atoms with Crippen LogP contribution in [-0.2, 0) is 19.1 Å². The molecule has 3 aromatic rings. The summed E-state index contributed by atoms with van der Waals surface area (Å²) in [6, 6.07) is 23.0. The minimum absolute atomic E-state index is 0.183. The van der Waals surface area contributed by atoms with E-state index in [0.29, 0.717) is 30.0 Å². The molecule has 38 heavy (non-hydrogen) atoms. The maximum atomic E-state index is 13.3. The first-order valence-corrected chi connectivity index (χ1v) is 12.6. The standard InChI is InChI=1S/C30H28N2O6/c1-37-24-14-10-22(11-15-24)31-27(33)18-38-30(36)20-7-12-23(13-8-20)32-28(34)25-16-9-21(17-26(25)29(32)35)19-5-3-2-4-6-19/h2-8,10-15,21,25-26H,9,16-18H2,1H3,(H,31,33)/t21-,25+,26-/m0/s1. The lowest BCUT2D eigenvalue weighted by molar-refractivity contribution is -0.122. The predicted octanol–water partition coefficient (Wildman–Crippen LogP) is 4.56. The van der Waals surface area contributed by atoms with Crippen molar-refractivity contribution in [2.75, 3.05) is 23.9 Å². The van der Waals surface area contributed by atoms with Gasteiger partial charge in [-0.3, -0.25) is 19.3 Å². The molecule has 1 saturated heterocycles. The number of ether oxygens (including phenoxy) is 2. The second-order valence-corrected chi connectivity index (χ2v) is 9.55.